The number of rotatable bonds is 10. The molecule has 0 bridgehead atoms. The van der Waals surface area contributed by atoms with E-state index in [1.165, 1.54) is 5.56 Å². The van der Waals surface area contributed by atoms with Crippen molar-refractivity contribution in [1.82, 2.24) is 20.1 Å². The van der Waals surface area contributed by atoms with Crippen LogP contribution in [0.4, 0.5) is 5.69 Å². The lowest BCUT2D eigenvalue weighted by Crippen LogP contribution is -2.47. The van der Waals surface area contributed by atoms with Crippen LogP contribution >= 0.6 is 0 Å². The number of amides is 2. The number of pyridine rings is 1. The van der Waals surface area contributed by atoms with Crippen molar-refractivity contribution >= 4 is 17.5 Å². The Morgan fingerprint density at radius 2 is 1.67 bits per heavy atom. The second-order valence-corrected chi connectivity index (χ2v) is 13.4. The molecule has 0 aliphatic carbocycles. The van der Waals surface area contributed by atoms with Crippen molar-refractivity contribution in [3.8, 4) is 11.1 Å². The second kappa shape index (κ2) is 15.8. The lowest BCUT2D eigenvalue weighted by Gasteiger charge is -2.37. The third-order valence-electron chi connectivity index (χ3n) is 9.62. The fraction of sp³-hybridized carbons (Fsp3) is 0.462. The molecule has 2 amide bonds. The Morgan fingerprint density at radius 3 is 2.29 bits per heavy atom. The summed E-state index contributed by atoms with van der Waals surface area (Å²) >= 11 is 0. The standard InChI is InChI=1S/C39H51N5O4/c1-7-44(33-12-18-48-19-13-33)36-23-32(22-34(29(36)6)38(46)40-24-35-27(4)21-28(5)41-39(35)47)31-10-8-30(9-11-31)25-42-14-16-43(17-15-42)37(45)20-26(2)3/h8-11,20-23,33H,7,12-19,24-25H2,1-6H3,(H,40,46)(H,41,47). The molecule has 256 valence electrons. The first-order chi connectivity index (χ1) is 23.0. The third kappa shape index (κ3) is 8.44. The maximum Gasteiger partial charge on any atom is 0.253 e. The number of aromatic nitrogens is 1. The van der Waals surface area contributed by atoms with E-state index in [0.29, 0.717) is 17.2 Å². The Balaban J connectivity index is 1.38. The highest BCUT2D eigenvalue weighted by Gasteiger charge is 2.25. The van der Waals surface area contributed by atoms with Crippen molar-refractivity contribution in [1.29, 1.82) is 0 Å². The third-order valence-corrected chi connectivity index (χ3v) is 9.62. The minimum atomic E-state index is -0.197. The number of H-pyrrole nitrogens is 1. The molecular weight excluding hydrogens is 602 g/mol. The molecule has 5 rings (SSSR count). The monoisotopic (exact) mass is 653 g/mol. The second-order valence-electron chi connectivity index (χ2n) is 13.4. The molecule has 0 atom stereocenters. The number of piperazine rings is 1. The van der Waals surface area contributed by atoms with Crippen LogP contribution in [0.1, 0.15) is 71.9 Å². The molecule has 0 radical (unpaired) electrons. The van der Waals surface area contributed by atoms with Gasteiger partial charge in [0.15, 0.2) is 0 Å². The van der Waals surface area contributed by atoms with E-state index in [1.807, 2.05) is 51.7 Å². The maximum atomic E-state index is 13.8. The number of benzene rings is 2. The van der Waals surface area contributed by atoms with E-state index in [4.69, 9.17) is 4.74 Å². The molecule has 2 saturated heterocycles. The fourth-order valence-corrected chi connectivity index (χ4v) is 6.91. The highest BCUT2D eigenvalue weighted by molar-refractivity contribution is 5.99. The van der Waals surface area contributed by atoms with Crippen molar-refractivity contribution in [2.45, 2.75) is 73.5 Å². The average Bonchev–Trinajstić information content (AvgIpc) is 3.06. The Bertz CT molecular complexity index is 1690. The van der Waals surface area contributed by atoms with Gasteiger partial charge in [-0.05, 0) is 100 Å². The Morgan fingerprint density at radius 1 is 0.979 bits per heavy atom. The van der Waals surface area contributed by atoms with Gasteiger partial charge >= 0.3 is 0 Å². The minimum absolute atomic E-state index is 0.0990. The van der Waals surface area contributed by atoms with Crippen LogP contribution in [0.25, 0.3) is 11.1 Å². The van der Waals surface area contributed by atoms with Gasteiger partial charge in [0.1, 0.15) is 0 Å². The summed E-state index contributed by atoms with van der Waals surface area (Å²) in [5.74, 6) is -0.0984. The summed E-state index contributed by atoms with van der Waals surface area (Å²) in [4.78, 5) is 48.5. The van der Waals surface area contributed by atoms with Gasteiger partial charge in [-0.3, -0.25) is 19.3 Å². The Hall–Kier alpha value is -4.21. The largest absolute Gasteiger partial charge is 0.381 e. The van der Waals surface area contributed by atoms with Gasteiger partial charge in [-0.25, -0.2) is 0 Å². The predicted molar refractivity (Wildman–Crippen MR) is 192 cm³/mol. The SMILES string of the molecule is CCN(c1cc(-c2ccc(CN3CCN(C(=O)C=C(C)C)CC3)cc2)cc(C(=O)NCc2c(C)cc(C)[nH]c2=O)c1C)C1CCOCC1. The lowest BCUT2D eigenvalue weighted by atomic mass is 9.94. The number of ether oxygens (including phenoxy) is 1. The van der Waals surface area contributed by atoms with Gasteiger partial charge in [-0.1, -0.05) is 29.8 Å². The molecule has 2 aromatic carbocycles. The lowest BCUT2D eigenvalue weighted by molar-refractivity contribution is -0.127. The van der Waals surface area contributed by atoms with E-state index in [0.717, 1.165) is 105 Å². The van der Waals surface area contributed by atoms with E-state index in [-0.39, 0.29) is 23.9 Å². The predicted octanol–water partition coefficient (Wildman–Crippen LogP) is 5.51. The normalized spacial score (nSPS) is 15.7. The molecule has 3 aromatic rings. The van der Waals surface area contributed by atoms with Crippen molar-refractivity contribution in [3.05, 3.63) is 98.0 Å². The summed E-state index contributed by atoms with van der Waals surface area (Å²) in [6, 6.07) is 15.1. The molecule has 2 aliphatic rings. The molecule has 2 fully saturated rings. The first-order valence-corrected chi connectivity index (χ1v) is 17.3. The number of carbonyl (C=O) groups is 2. The summed E-state index contributed by atoms with van der Waals surface area (Å²) in [5.41, 5.74) is 8.91. The maximum absolute atomic E-state index is 13.8. The highest BCUT2D eigenvalue weighted by atomic mass is 16.5. The Labute approximate surface area is 285 Å². The topological polar surface area (TPSA) is 98.0 Å². The van der Waals surface area contributed by atoms with Gasteiger partial charge in [-0.15, -0.1) is 0 Å². The highest BCUT2D eigenvalue weighted by Crippen LogP contribution is 2.34. The molecule has 9 nitrogen and oxygen atoms in total. The van der Waals surface area contributed by atoms with Crippen LogP contribution in [0.15, 0.2) is 58.9 Å². The quantitative estimate of drug-likeness (QED) is 0.280. The zero-order chi connectivity index (χ0) is 34.4. The smallest absolute Gasteiger partial charge is 0.253 e. The summed E-state index contributed by atoms with van der Waals surface area (Å²) in [6.07, 6.45) is 3.61. The molecule has 1 aromatic heterocycles. The van der Waals surface area contributed by atoms with Crippen LogP contribution in [0.3, 0.4) is 0 Å². The number of anilines is 1. The van der Waals surface area contributed by atoms with E-state index in [9.17, 15) is 14.4 Å². The van der Waals surface area contributed by atoms with Crippen LogP contribution in [0.2, 0.25) is 0 Å². The van der Waals surface area contributed by atoms with Crippen molar-refractivity contribution in [2.75, 3.05) is 50.8 Å². The summed E-state index contributed by atoms with van der Waals surface area (Å²) < 4.78 is 5.67. The molecule has 2 N–H and O–H groups in total. The zero-order valence-corrected chi connectivity index (χ0v) is 29.4. The molecule has 0 spiro atoms. The first kappa shape index (κ1) is 35.1. The summed E-state index contributed by atoms with van der Waals surface area (Å²) in [6.45, 7) is 18.3. The first-order valence-electron chi connectivity index (χ1n) is 17.3. The van der Waals surface area contributed by atoms with Gasteiger partial charge in [0.2, 0.25) is 5.91 Å². The van der Waals surface area contributed by atoms with Crippen LogP contribution < -0.4 is 15.8 Å². The van der Waals surface area contributed by atoms with Crippen molar-refractivity contribution < 1.29 is 14.3 Å². The van der Waals surface area contributed by atoms with Gasteiger partial charge in [0.05, 0.1) is 0 Å². The number of aryl methyl sites for hydroxylation is 2. The average molecular weight is 654 g/mol. The zero-order valence-electron chi connectivity index (χ0n) is 29.4. The van der Waals surface area contributed by atoms with E-state index < -0.39 is 0 Å². The van der Waals surface area contributed by atoms with Crippen LogP contribution in [0.5, 0.6) is 0 Å². The molecule has 0 saturated carbocycles. The van der Waals surface area contributed by atoms with Crippen LogP contribution in [0, 0.1) is 20.8 Å². The molecule has 9 heteroatoms. The number of aromatic amines is 1. The number of carbonyl (C=O) groups excluding carboxylic acids is 2. The van der Waals surface area contributed by atoms with Gasteiger partial charge in [0, 0.05) is 93.7 Å². The minimum Gasteiger partial charge on any atom is -0.381 e. The number of nitrogens with zero attached hydrogens (tertiary/aromatic N) is 3. The molecular formula is C39H51N5O4. The van der Waals surface area contributed by atoms with Crippen molar-refractivity contribution in [2.24, 2.45) is 0 Å². The van der Waals surface area contributed by atoms with Crippen LogP contribution in [-0.4, -0.2) is 78.6 Å². The Kier molecular flexibility index (Phi) is 11.5. The number of allylic oxidation sites excluding steroid dienone is 1. The van der Waals surface area contributed by atoms with E-state index in [1.54, 1.807) is 6.08 Å². The van der Waals surface area contributed by atoms with Gasteiger partial charge in [-0.2, -0.15) is 0 Å². The van der Waals surface area contributed by atoms with E-state index >= 15 is 0 Å². The summed E-state index contributed by atoms with van der Waals surface area (Å²) in [7, 11) is 0. The fourth-order valence-electron chi connectivity index (χ4n) is 6.91. The molecule has 48 heavy (non-hydrogen) atoms. The van der Waals surface area contributed by atoms with E-state index in [2.05, 4.69) is 57.4 Å². The molecule has 3 heterocycles. The van der Waals surface area contributed by atoms with Gasteiger partial charge in [0.25, 0.3) is 11.5 Å². The number of nitrogens with one attached hydrogen (secondary N) is 2. The molecule has 0 unspecified atom stereocenters. The number of hydrogen-bond donors (Lipinski definition) is 2. The molecule has 2 aliphatic heterocycles. The number of hydrogen-bond acceptors (Lipinski definition) is 6. The summed E-state index contributed by atoms with van der Waals surface area (Å²) in [5, 5.41) is 3.04. The van der Waals surface area contributed by atoms with Crippen molar-refractivity contribution in [3.63, 3.8) is 0 Å². The van der Waals surface area contributed by atoms with Gasteiger partial charge < -0.3 is 24.8 Å². The van der Waals surface area contributed by atoms with Crippen LogP contribution in [-0.2, 0) is 22.6 Å².